The molecule has 1 aliphatic heterocycles. The summed E-state index contributed by atoms with van der Waals surface area (Å²) in [5, 5.41) is 7.17. The van der Waals surface area contributed by atoms with Crippen LogP contribution in [0.5, 0.6) is 0 Å². The van der Waals surface area contributed by atoms with Crippen LogP contribution in [0.2, 0.25) is 0 Å². The van der Waals surface area contributed by atoms with Crippen LogP contribution < -0.4 is 10.5 Å². The molecule has 1 rings (SSSR count). The lowest BCUT2D eigenvalue weighted by molar-refractivity contribution is 0.0553. The third kappa shape index (κ3) is 8.04. The molecule has 0 aromatic heterocycles. The van der Waals surface area contributed by atoms with Crippen molar-refractivity contribution < 1.29 is 17.9 Å². The Hall–Kier alpha value is -1.35. The number of carbonyl (C=O) groups is 1. The second-order valence-electron chi connectivity index (χ2n) is 8.81. The van der Waals surface area contributed by atoms with Crippen molar-refractivity contribution in [2.75, 3.05) is 13.1 Å². The van der Waals surface area contributed by atoms with Crippen molar-refractivity contribution >= 4 is 22.1 Å². The largest absolute Gasteiger partial charge is 0.444 e. The molecular weight excluding hydrogens is 344 g/mol. The highest BCUT2D eigenvalue weighted by Gasteiger charge is 2.38. The van der Waals surface area contributed by atoms with Crippen LogP contribution in [0.4, 0.5) is 4.79 Å². The van der Waals surface area contributed by atoms with E-state index in [-0.39, 0.29) is 24.5 Å². The lowest BCUT2D eigenvalue weighted by Crippen LogP contribution is -2.62. The van der Waals surface area contributed by atoms with Crippen LogP contribution in [0.1, 0.15) is 54.9 Å². The summed E-state index contributed by atoms with van der Waals surface area (Å²) in [6.07, 6.45) is 0.201. The first-order valence-electron chi connectivity index (χ1n) is 8.41. The normalized spacial score (nSPS) is 18.6. The van der Waals surface area contributed by atoms with Crippen LogP contribution in [0.25, 0.3) is 0 Å². The lowest BCUT2D eigenvalue weighted by Gasteiger charge is -2.40. The Balaban J connectivity index is 2.86. The molecule has 1 saturated heterocycles. The molecule has 1 fully saturated rings. The average Bonchev–Trinajstić information content (AvgIpc) is 2.17. The predicted octanol–water partition coefficient (Wildman–Crippen LogP) is 1.66. The fraction of sp³-hybridized carbons (Fsp3) is 0.875. The summed E-state index contributed by atoms with van der Waals surface area (Å²) in [6.45, 7) is 14.0. The molecule has 0 aromatic carbocycles. The zero-order valence-electron chi connectivity index (χ0n) is 16.3. The van der Waals surface area contributed by atoms with Gasteiger partial charge >= 0.3 is 6.09 Å². The zero-order chi connectivity index (χ0) is 19.6. The molecule has 1 atom stereocenters. The minimum Gasteiger partial charge on any atom is -0.444 e. The van der Waals surface area contributed by atoms with Gasteiger partial charge in [-0.2, -0.15) is 0 Å². The number of ether oxygens (including phenoxy) is 1. The summed E-state index contributed by atoms with van der Waals surface area (Å²) < 4.78 is 28.1. The number of alkyl carbamates (subject to hydrolysis) is 1. The maximum Gasteiger partial charge on any atom is 0.414 e. The number of nitrogens with zero attached hydrogens (tertiary/aromatic N) is 2. The van der Waals surface area contributed by atoms with Crippen molar-refractivity contribution in [2.24, 2.45) is 15.5 Å². The molecule has 1 aliphatic rings. The Kier molecular flexibility index (Phi) is 6.50. The SMILES string of the molecule is CC(CC(C)(C)C)N=C(NC(=O)OC(C)(C)C)N1CC(S(N)(=O)=O)C1. The Morgan fingerprint density at radius 3 is 2.20 bits per heavy atom. The molecule has 0 spiro atoms. The number of sulfonamides is 1. The van der Waals surface area contributed by atoms with Crippen molar-refractivity contribution in [3.63, 3.8) is 0 Å². The number of amides is 1. The summed E-state index contributed by atoms with van der Waals surface area (Å²) in [4.78, 5) is 18.3. The van der Waals surface area contributed by atoms with Crippen molar-refractivity contribution in [2.45, 2.75) is 71.8 Å². The minimum absolute atomic E-state index is 0.0431. The van der Waals surface area contributed by atoms with Crippen LogP contribution in [-0.4, -0.2) is 55.4 Å². The quantitative estimate of drug-likeness (QED) is 0.574. The van der Waals surface area contributed by atoms with Gasteiger partial charge in [0.2, 0.25) is 16.0 Å². The van der Waals surface area contributed by atoms with Gasteiger partial charge in [0.15, 0.2) is 0 Å². The highest BCUT2D eigenvalue weighted by Crippen LogP contribution is 2.23. The second-order valence-corrected chi connectivity index (χ2v) is 10.7. The predicted molar refractivity (Wildman–Crippen MR) is 98.8 cm³/mol. The monoisotopic (exact) mass is 376 g/mol. The van der Waals surface area contributed by atoms with Gasteiger partial charge in [-0.1, -0.05) is 20.8 Å². The summed E-state index contributed by atoms with van der Waals surface area (Å²) in [5.41, 5.74) is -0.553. The maximum absolute atomic E-state index is 12.1. The van der Waals surface area contributed by atoms with Crippen molar-refractivity contribution in [1.82, 2.24) is 10.2 Å². The zero-order valence-corrected chi connectivity index (χ0v) is 17.1. The summed E-state index contributed by atoms with van der Waals surface area (Å²) >= 11 is 0. The standard InChI is InChI=1S/C16H32N4O4S/c1-11(8-15(2,3)4)18-13(19-14(21)24-16(5,6)7)20-9-12(10-20)25(17,22)23/h11-12H,8-10H2,1-7H3,(H2,17,22,23)(H,18,19,21). The number of hydrogen-bond donors (Lipinski definition) is 2. The van der Waals surface area contributed by atoms with Gasteiger partial charge in [0.1, 0.15) is 10.9 Å². The highest BCUT2D eigenvalue weighted by atomic mass is 32.2. The van der Waals surface area contributed by atoms with E-state index in [1.165, 1.54) is 0 Å². The van der Waals surface area contributed by atoms with Gasteiger partial charge in [-0.15, -0.1) is 0 Å². The smallest absolute Gasteiger partial charge is 0.414 e. The van der Waals surface area contributed by atoms with E-state index >= 15 is 0 Å². The summed E-state index contributed by atoms with van der Waals surface area (Å²) in [6, 6.07) is -0.0431. The van der Waals surface area contributed by atoms with Crippen LogP contribution in [0.15, 0.2) is 4.99 Å². The number of nitrogens with two attached hydrogens (primary N) is 1. The first-order chi connectivity index (χ1) is 11.1. The van der Waals surface area contributed by atoms with Gasteiger partial charge in [0.05, 0.1) is 6.04 Å². The molecular formula is C16H32N4O4S. The molecule has 0 saturated carbocycles. The molecule has 0 aliphatic carbocycles. The number of rotatable bonds is 3. The Morgan fingerprint density at radius 2 is 1.80 bits per heavy atom. The van der Waals surface area contributed by atoms with E-state index in [9.17, 15) is 13.2 Å². The molecule has 1 heterocycles. The molecule has 146 valence electrons. The van der Waals surface area contributed by atoms with Crippen LogP contribution in [0.3, 0.4) is 0 Å². The fourth-order valence-electron chi connectivity index (χ4n) is 2.55. The van der Waals surface area contributed by atoms with Gasteiger partial charge < -0.3 is 9.64 Å². The van der Waals surface area contributed by atoms with Crippen molar-refractivity contribution in [3.8, 4) is 0 Å². The van der Waals surface area contributed by atoms with E-state index in [0.717, 1.165) is 6.42 Å². The molecule has 25 heavy (non-hydrogen) atoms. The molecule has 1 unspecified atom stereocenters. The number of primary sulfonamides is 1. The van der Waals surface area contributed by atoms with Crippen LogP contribution in [-0.2, 0) is 14.8 Å². The van der Waals surface area contributed by atoms with Crippen molar-refractivity contribution in [3.05, 3.63) is 0 Å². The second kappa shape index (κ2) is 7.49. The first kappa shape index (κ1) is 21.7. The number of carbonyl (C=O) groups excluding carboxylic acids is 1. The average molecular weight is 377 g/mol. The number of nitrogens with one attached hydrogen (secondary N) is 1. The Labute approximate surface area is 151 Å². The van der Waals surface area contributed by atoms with Crippen LogP contribution in [0, 0.1) is 5.41 Å². The molecule has 8 nitrogen and oxygen atoms in total. The third-order valence-electron chi connectivity index (χ3n) is 3.48. The first-order valence-corrected chi connectivity index (χ1v) is 10.0. The van der Waals surface area contributed by atoms with E-state index in [2.05, 4.69) is 31.1 Å². The number of aliphatic imine (C=N–C) groups is 1. The minimum atomic E-state index is -3.59. The lowest BCUT2D eigenvalue weighted by atomic mass is 9.89. The van der Waals surface area contributed by atoms with E-state index in [1.807, 2.05) is 6.92 Å². The van der Waals surface area contributed by atoms with Gasteiger partial charge in [-0.25, -0.2) is 23.3 Å². The fourth-order valence-corrected chi connectivity index (χ4v) is 3.32. The van der Waals surface area contributed by atoms with Gasteiger partial charge in [-0.05, 0) is 39.5 Å². The molecule has 0 aromatic rings. The van der Waals surface area contributed by atoms with Gasteiger partial charge in [0, 0.05) is 13.1 Å². The Bertz CT molecular complexity index is 611. The maximum atomic E-state index is 12.1. The molecule has 3 N–H and O–H groups in total. The van der Waals surface area contributed by atoms with E-state index in [0.29, 0.717) is 5.96 Å². The molecule has 1 amide bonds. The van der Waals surface area contributed by atoms with Crippen molar-refractivity contribution in [1.29, 1.82) is 0 Å². The summed E-state index contributed by atoms with van der Waals surface area (Å²) in [7, 11) is -3.59. The molecule has 0 radical (unpaired) electrons. The number of likely N-dealkylation sites (tertiary alicyclic amines) is 1. The Morgan fingerprint density at radius 1 is 1.28 bits per heavy atom. The molecule has 0 bridgehead atoms. The van der Waals surface area contributed by atoms with E-state index in [4.69, 9.17) is 9.88 Å². The third-order valence-corrected chi connectivity index (χ3v) is 4.70. The molecule has 9 heteroatoms. The highest BCUT2D eigenvalue weighted by molar-refractivity contribution is 7.89. The van der Waals surface area contributed by atoms with E-state index in [1.54, 1.807) is 25.7 Å². The van der Waals surface area contributed by atoms with Gasteiger partial charge in [0.25, 0.3) is 0 Å². The van der Waals surface area contributed by atoms with Gasteiger partial charge in [-0.3, -0.25) is 5.32 Å². The topological polar surface area (TPSA) is 114 Å². The van der Waals surface area contributed by atoms with Crippen LogP contribution >= 0.6 is 0 Å². The summed E-state index contributed by atoms with van der Waals surface area (Å²) in [5.74, 6) is 0.325. The number of hydrogen-bond acceptors (Lipinski definition) is 5. The number of guanidine groups is 1. The van der Waals surface area contributed by atoms with E-state index < -0.39 is 27.0 Å².